The van der Waals surface area contributed by atoms with Gasteiger partial charge in [0.05, 0.1) is 11.8 Å². The number of para-hydroxylation sites is 1. The molecule has 0 atom stereocenters. The van der Waals surface area contributed by atoms with Crippen LogP contribution >= 0.6 is 15.9 Å². The van der Waals surface area contributed by atoms with Crippen molar-refractivity contribution in [1.82, 2.24) is 0 Å². The first kappa shape index (κ1) is 7.68. The molecule has 1 aliphatic heterocycles. The molecule has 0 unspecified atom stereocenters. The summed E-state index contributed by atoms with van der Waals surface area (Å²) < 4.78 is 0.929. The van der Waals surface area contributed by atoms with E-state index < -0.39 is 0 Å². The minimum Gasteiger partial charge on any atom is -0.272 e. The van der Waals surface area contributed by atoms with Crippen LogP contribution < -0.4 is 10.6 Å². The summed E-state index contributed by atoms with van der Waals surface area (Å²) in [6.07, 6.45) is 0.386. The minimum atomic E-state index is -0.0828. The van der Waals surface area contributed by atoms with Crippen LogP contribution in [0.5, 0.6) is 0 Å². The van der Waals surface area contributed by atoms with Crippen LogP contribution in [-0.4, -0.2) is 5.91 Å². The average Bonchev–Trinajstić information content (AvgIpc) is 2.04. The van der Waals surface area contributed by atoms with Gasteiger partial charge in [-0.05, 0) is 6.07 Å². The molecule has 0 spiro atoms. The van der Waals surface area contributed by atoms with Gasteiger partial charge in [-0.1, -0.05) is 34.1 Å². The summed E-state index contributed by atoms with van der Waals surface area (Å²) in [7, 11) is 0. The lowest BCUT2D eigenvalue weighted by Crippen LogP contribution is -2.30. The zero-order chi connectivity index (χ0) is 8.55. The number of carbonyl (C=O) groups is 1. The van der Waals surface area contributed by atoms with Crippen LogP contribution in [0.3, 0.4) is 0 Å². The molecule has 1 amide bonds. The fourth-order valence-corrected chi connectivity index (χ4v) is 1.78. The van der Waals surface area contributed by atoms with Gasteiger partial charge in [0.15, 0.2) is 0 Å². The number of halogens is 1. The van der Waals surface area contributed by atoms with Gasteiger partial charge in [0, 0.05) is 9.70 Å². The van der Waals surface area contributed by atoms with E-state index in [9.17, 15) is 4.79 Å². The Morgan fingerprint density at radius 2 is 2.08 bits per heavy atom. The van der Waals surface area contributed by atoms with E-state index in [1.165, 1.54) is 0 Å². The van der Waals surface area contributed by atoms with Gasteiger partial charge in [0.25, 0.3) is 5.91 Å². The van der Waals surface area contributed by atoms with Crippen molar-refractivity contribution in [3.05, 3.63) is 34.8 Å². The maximum Gasteiger partial charge on any atom is 0.251 e. The largest absolute Gasteiger partial charge is 0.272 e. The lowest BCUT2D eigenvalue weighted by molar-refractivity contribution is -0.117. The molecule has 12 heavy (non-hydrogen) atoms. The standard InChI is InChI=1S/C9H6BrNO/c10-7-5-9(12)11-8-4-2-1-3-6(7)8/h1-4H,5H2. The highest BCUT2D eigenvalue weighted by Crippen LogP contribution is 2.11. The molecule has 0 bridgehead atoms. The van der Waals surface area contributed by atoms with E-state index in [4.69, 9.17) is 0 Å². The summed E-state index contributed by atoms with van der Waals surface area (Å²) in [4.78, 5) is 14.9. The Hall–Kier alpha value is -0.960. The van der Waals surface area contributed by atoms with Gasteiger partial charge in [0.2, 0.25) is 0 Å². The molecule has 60 valence electrons. The van der Waals surface area contributed by atoms with Crippen molar-refractivity contribution in [3.8, 4) is 0 Å². The van der Waals surface area contributed by atoms with Gasteiger partial charge < -0.3 is 0 Å². The normalized spacial score (nSPS) is 15.4. The van der Waals surface area contributed by atoms with Crippen LogP contribution in [-0.2, 0) is 4.79 Å². The predicted molar refractivity (Wildman–Crippen MR) is 49.2 cm³/mol. The number of rotatable bonds is 0. The summed E-state index contributed by atoms with van der Waals surface area (Å²) in [5.41, 5.74) is 0. The Kier molecular flexibility index (Phi) is 1.81. The summed E-state index contributed by atoms with van der Waals surface area (Å²) >= 11 is 3.36. The Morgan fingerprint density at radius 3 is 2.92 bits per heavy atom. The molecule has 1 aromatic carbocycles. The average molecular weight is 224 g/mol. The lowest BCUT2D eigenvalue weighted by Gasteiger charge is -2.01. The first-order valence-electron chi connectivity index (χ1n) is 3.62. The number of carbonyl (C=O) groups excluding carboxylic acids is 1. The van der Waals surface area contributed by atoms with Crippen LogP contribution in [0.1, 0.15) is 6.42 Å². The van der Waals surface area contributed by atoms with Gasteiger partial charge in [-0.25, -0.2) is 4.99 Å². The highest BCUT2D eigenvalue weighted by Gasteiger charge is 2.08. The second-order valence-electron chi connectivity index (χ2n) is 2.60. The first-order valence-corrected chi connectivity index (χ1v) is 4.42. The fraction of sp³-hybridized carbons (Fsp3) is 0.111. The molecule has 0 radical (unpaired) electrons. The van der Waals surface area contributed by atoms with E-state index in [0.717, 1.165) is 15.1 Å². The number of benzene rings is 1. The summed E-state index contributed by atoms with van der Waals surface area (Å²) in [5, 5.41) is 1.79. The van der Waals surface area contributed by atoms with E-state index in [0.29, 0.717) is 6.42 Å². The van der Waals surface area contributed by atoms with E-state index in [1.54, 1.807) is 0 Å². The van der Waals surface area contributed by atoms with Gasteiger partial charge in [-0.2, -0.15) is 0 Å². The van der Waals surface area contributed by atoms with Crippen LogP contribution in [0.4, 0.5) is 0 Å². The monoisotopic (exact) mass is 223 g/mol. The summed E-state index contributed by atoms with van der Waals surface area (Å²) in [5.74, 6) is -0.0828. The molecule has 0 aliphatic carbocycles. The van der Waals surface area contributed by atoms with Crippen molar-refractivity contribution in [2.45, 2.75) is 6.42 Å². The van der Waals surface area contributed by atoms with Gasteiger partial charge in [0.1, 0.15) is 0 Å². The number of hydrogen-bond acceptors (Lipinski definition) is 1. The van der Waals surface area contributed by atoms with Gasteiger partial charge >= 0.3 is 0 Å². The number of hydrogen-bond donors (Lipinski definition) is 0. The lowest BCUT2D eigenvalue weighted by atomic mass is 10.2. The minimum absolute atomic E-state index is 0.0828. The second kappa shape index (κ2) is 2.83. The molecule has 1 heterocycles. The quantitative estimate of drug-likeness (QED) is 0.639. The first-order chi connectivity index (χ1) is 5.77. The van der Waals surface area contributed by atoms with Gasteiger partial charge in [-0.15, -0.1) is 0 Å². The zero-order valence-corrected chi connectivity index (χ0v) is 7.84. The molecular formula is C9H6BrNO. The third kappa shape index (κ3) is 1.20. The van der Waals surface area contributed by atoms with E-state index in [2.05, 4.69) is 20.9 Å². The van der Waals surface area contributed by atoms with Crippen molar-refractivity contribution in [2.75, 3.05) is 0 Å². The van der Waals surface area contributed by atoms with Crippen molar-refractivity contribution >= 4 is 26.3 Å². The maximum atomic E-state index is 11.0. The number of fused-ring (bicyclic) bond motifs is 1. The Morgan fingerprint density at radius 1 is 1.33 bits per heavy atom. The Labute approximate surface area is 77.8 Å². The van der Waals surface area contributed by atoms with E-state index in [-0.39, 0.29) is 5.91 Å². The van der Waals surface area contributed by atoms with Crippen molar-refractivity contribution in [1.29, 1.82) is 0 Å². The Balaban J connectivity index is 2.90. The highest BCUT2D eigenvalue weighted by molar-refractivity contribution is 9.14. The molecule has 2 nitrogen and oxygen atoms in total. The maximum absolute atomic E-state index is 11.0. The SMILES string of the molecule is O=C1CC(Br)=c2ccccc2=N1. The summed E-state index contributed by atoms with van der Waals surface area (Å²) in [6.45, 7) is 0. The number of nitrogens with zero attached hydrogens (tertiary/aromatic N) is 1. The summed E-state index contributed by atoms with van der Waals surface area (Å²) in [6, 6.07) is 7.61. The molecule has 0 saturated heterocycles. The second-order valence-corrected chi connectivity index (χ2v) is 3.56. The topological polar surface area (TPSA) is 29.4 Å². The van der Waals surface area contributed by atoms with Crippen LogP contribution in [0.2, 0.25) is 0 Å². The van der Waals surface area contributed by atoms with Crippen LogP contribution in [0, 0.1) is 0 Å². The van der Waals surface area contributed by atoms with E-state index in [1.807, 2.05) is 24.3 Å². The predicted octanol–water partition coefficient (Wildman–Crippen LogP) is 0.740. The third-order valence-electron chi connectivity index (χ3n) is 1.75. The van der Waals surface area contributed by atoms with Crippen molar-refractivity contribution in [2.24, 2.45) is 4.99 Å². The van der Waals surface area contributed by atoms with Gasteiger partial charge in [-0.3, -0.25) is 4.79 Å². The molecule has 0 aromatic heterocycles. The van der Waals surface area contributed by atoms with Crippen LogP contribution in [0.25, 0.3) is 4.48 Å². The molecule has 1 aliphatic rings. The molecule has 2 rings (SSSR count). The molecule has 0 N–H and O–H groups in total. The van der Waals surface area contributed by atoms with Crippen molar-refractivity contribution < 1.29 is 4.79 Å². The van der Waals surface area contributed by atoms with Crippen LogP contribution in [0.15, 0.2) is 29.3 Å². The Bertz CT molecular complexity index is 450. The molecule has 1 aromatic rings. The molecule has 0 fully saturated rings. The molecule has 0 saturated carbocycles. The third-order valence-corrected chi connectivity index (χ3v) is 2.46. The molecule has 3 heteroatoms. The van der Waals surface area contributed by atoms with E-state index >= 15 is 0 Å². The highest BCUT2D eigenvalue weighted by atomic mass is 79.9. The number of amides is 1. The van der Waals surface area contributed by atoms with Crippen molar-refractivity contribution in [3.63, 3.8) is 0 Å². The smallest absolute Gasteiger partial charge is 0.251 e. The molecular weight excluding hydrogens is 218 g/mol. The fourth-order valence-electron chi connectivity index (χ4n) is 1.20. The zero-order valence-electron chi connectivity index (χ0n) is 6.25.